The lowest BCUT2D eigenvalue weighted by Crippen LogP contribution is -2.34. The molecule has 6 heteroatoms. The lowest BCUT2D eigenvalue weighted by atomic mass is 9.84. The molecule has 0 spiro atoms. The Kier molecular flexibility index (Phi) is 7.00. The lowest BCUT2D eigenvalue weighted by molar-refractivity contribution is 0.101. The molecule has 32 heavy (non-hydrogen) atoms. The van der Waals surface area contributed by atoms with E-state index in [1.165, 1.54) is 55.9 Å². The van der Waals surface area contributed by atoms with Gasteiger partial charge in [0, 0.05) is 28.7 Å². The maximum atomic E-state index is 12.9. The van der Waals surface area contributed by atoms with Gasteiger partial charge < -0.3 is 5.32 Å². The summed E-state index contributed by atoms with van der Waals surface area (Å²) in [7, 11) is 0. The number of rotatable bonds is 6. The maximum absolute atomic E-state index is 12.9. The van der Waals surface area contributed by atoms with Crippen LogP contribution >= 0.6 is 11.3 Å². The summed E-state index contributed by atoms with van der Waals surface area (Å²) in [6.07, 6.45) is 6.59. The minimum atomic E-state index is -0.262. The molecule has 1 aliphatic carbocycles. The zero-order chi connectivity index (χ0) is 22.5. The van der Waals surface area contributed by atoms with Gasteiger partial charge >= 0.3 is 6.03 Å². The van der Waals surface area contributed by atoms with Crippen molar-refractivity contribution in [2.24, 2.45) is 0 Å². The first-order valence-corrected chi connectivity index (χ1v) is 12.2. The Labute approximate surface area is 193 Å². The van der Waals surface area contributed by atoms with E-state index in [0.29, 0.717) is 28.8 Å². The summed E-state index contributed by atoms with van der Waals surface area (Å²) >= 11 is 1.46. The summed E-state index contributed by atoms with van der Waals surface area (Å²) < 4.78 is 0. The lowest BCUT2D eigenvalue weighted by Gasteiger charge is -2.22. The third-order valence-corrected chi connectivity index (χ3v) is 6.95. The van der Waals surface area contributed by atoms with Crippen LogP contribution in [0.2, 0.25) is 0 Å². The van der Waals surface area contributed by atoms with Gasteiger partial charge in [0.05, 0.1) is 5.69 Å². The van der Waals surface area contributed by atoms with Gasteiger partial charge in [0.1, 0.15) is 0 Å². The van der Waals surface area contributed by atoms with E-state index in [1.54, 1.807) is 29.2 Å². The zero-order valence-electron chi connectivity index (χ0n) is 18.6. The number of carbonyl (C=O) groups is 2. The number of nitrogens with zero attached hydrogens (tertiary/aromatic N) is 2. The molecule has 166 valence electrons. The summed E-state index contributed by atoms with van der Waals surface area (Å²) in [5.41, 5.74) is 4.53. The molecule has 1 aliphatic rings. The first kappa shape index (κ1) is 22.2. The second-order valence-corrected chi connectivity index (χ2v) is 9.12. The number of carbonyl (C=O) groups excluding carboxylic acids is 2. The van der Waals surface area contributed by atoms with Crippen molar-refractivity contribution in [1.82, 2.24) is 4.98 Å². The second-order valence-electron chi connectivity index (χ2n) is 8.28. The number of anilines is 2. The highest BCUT2D eigenvalue weighted by molar-refractivity contribution is 7.14. The molecule has 1 heterocycles. The van der Waals surface area contributed by atoms with Crippen LogP contribution in [0.15, 0.2) is 53.9 Å². The van der Waals surface area contributed by atoms with Crippen LogP contribution < -0.4 is 10.2 Å². The third-order valence-electron chi connectivity index (χ3n) is 6.09. The Morgan fingerprint density at radius 2 is 1.84 bits per heavy atom. The highest BCUT2D eigenvalue weighted by Crippen LogP contribution is 2.34. The standard InChI is InChI=1S/C26H29N3O2S/c1-3-29(25(31)27-23-11-7-10-22(16-23)18(2)30)26-28-24(17-32-26)21-14-12-20(13-15-21)19-8-5-4-6-9-19/h7,10-17,19H,3-6,8-9H2,1-2H3,(H,27,31). The largest absolute Gasteiger partial charge is 0.328 e. The first-order chi connectivity index (χ1) is 15.5. The van der Waals surface area contributed by atoms with Gasteiger partial charge in [0.2, 0.25) is 0 Å². The highest BCUT2D eigenvalue weighted by Gasteiger charge is 2.19. The number of nitrogens with one attached hydrogen (secondary N) is 1. The summed E-state index contributed by atoms with van der Waals surface area (Å²) in [6.45, 7) is 3.93. The van der Waals surface area contributed by atoms with Crippen molar-refractivity contribution in [3.63, 3.8) is 0 Å². The average molecular weight is 448 g/mol. The topological polar surface area (TPSA) is 62.3 Å². The molecule has 0 saturated heterocycles. The maximum Gasteiger partial charge on any atom is 0.328 e. The molecule has 2 amide bonds. The third kappa shape index (κ3) is 5.07. The van der Waals surface area contributed by atoms with Crippen molar-refractivity contribution in [2.75, 3.05) is 16.8 Å². The van der Waals surface area contributed by atoms with E-state index in [0.717, 1.165) is 11.3 Å². The number of aromatic nitrogens is 1. The molecule has 1 fully saturated rings. The average Bonchev–Trinajstić information content (AvgIpc) is 3.30. The molecule has 0 aliphatic heterocycles. The predicted molar refractivity (Wildman–Crippen MR) is 132 cm³/mol. The van der Waals surface area contributed by atoms with Crippen molar-refractivity contribution in [2.45, 2.75) is 51.9 Å². The molecule has 0 radical (unpaired) electrons. The molecule has 1 N–H and O–H groups in total. The number of Topliss-reactive ketones (excluding diaryl/α,β-unsaturated/α-hetero) is 1. The molecule has 1 aromatic heterocycles. The van der Waals surface area contributed by atoms with Gasteiger partial charge in [0.25, 0.3) is 0 Å². The fraction of sp³-hybridized carbons (Fsp3) is 0.346. The van der Waals surface area contributed by atoms with Gasteiger partial charge in [-0.3, -0.25) is 9.69 Å². The Hall–Kier alpha value is -2.99. The molecular formula is C26H29N3O2S. The van der Waals surface area contributed by atoms with Crippen molar-refractivity contribution in [1.29, 1.82) is 0 Å². The highest BCUT2D eigenvalue weighted by atomic mass is 32.1. The predicted octanol–water partition coefficient (Wildman–Crippen LogP) is 7.12. The van der Waals surface area contributed by atoms with Gasteiger partial charge in [-0.15, -0.1) is 11.3 Å². The van der Waals surface area contributed by atoms with Crippen LogP contribution in [-0.4, -0.2) is 23.3 Å². The van der Waals surface area contributed by atoms with Gasteiger partial charge in [-0.05, 0) is 50.3 Å². The van der Waals surface area contributed by atoms with Gasteiger partial charge in [0.15, 0.2) is 10.9 Å². The van der Waals surface area contributed by atoms with E-state index in [-0.39, 0.29) is 11.8 Å². The van der Waals surface area contributed by atoms with E-state index >= 15 is 0 Å². The van der Waals surface area contributed by atoms with Crippen LogP contribution in [0.25, 0.3) is 11.3 Å². The van der Waals surface area contributed by atoms with E-state index in [2.05, 4.69) is 29.6 Å². The Balaban J connectivity index is 1.46. The molecule has 5 nitrogen and oxygen atoms in total. The van der Waals surface area contributed by atoms with Crippen molar-refractivity contribution in [3.05, 3.63) is 65.0 Å². The SMILES string of the molecule is CCN(C(=O)Nc1cccc(C(C)=O)c1)c1nc(-c2ccc(C3CCCCC3)cc2)cs1. The quantitative estimate of drug-likeness (QED) is 0.409. The van der Waals surface area contributed by atoms with E-state index < -0.39 is 0 Å². The van der Waals surface area contributed by atoms with Crippen LogP contribution in [0.4, 0.5) is 15.6 Å². The molecule has 2 aromatic carbocycles. The zero-order valence-corrected chi connectivity index (χ0v) is 19.5. The van der Waals surface area contributed by atoms with Gasteiger partial charge in [-0.2, -0.15) is 0 Å². The molecule has 0 atom stereocenters. The van der Waals surface area contributed by atoms with Crippen LogP contribution in [0.3, 0.4) is 0 Å². The molecule has 0 bridgehead atoms. The summed E-state index contributed by atoms with van der Waals surface area (Å²) in [4.78, 5) is 30.8. The summed E-state index contributed by atoms with van der Waals surface area (Å²) in [6, 6.07) is 15.5. The number of thiazole rings is 1. The normalized spacial score (nSPS) is 14.2. The molecular weight excluding hydrogens is 418 g/mol. The molecule has 4 rings (SSSR count). The van der Waals surface area contributed by atoms with E-state index in [4.69, 9.17) is 4.98 Å². The minimum Gasteiger partial charge on any atom is -0.307 e. The van der Waals surface area contributed by atoms with E-state index in [1.807, 2.05) is 12.3 Å². The van der Waals surface area contributed by atoms with Crippen molar-refractivity contribution < 1.29 is 9.59 Å². The first-order valence-electron chi connectivity index (χ1n) is 11.3. The Morgan fingerprint density at radius 1 is 1.09 bits per heavy atom. The number of hydrogen-bond donors (Lipinski definition) is 1. The van der Waals surface area contributed by atoms with E-state index in [9.17, 15) is 9.59 Å². The minimum absolute atomic E-state index is 0.0347. The number of hydrogen-bond acceptors (Lipinski definition) is 4. The van der Waals surface area contributed by atoms with Gasteiger partial charge in [-0.1, -0.05) is 55.7 Å². The Bertz CT molecular complexity index is 1080. The number of urea groups is 1. The van der Waals surface area contributed by atoms with Crippen LogP contribution in [0.5, 0.6) is 0 Å². The number of ketones is 1. The molecule has 0 unspecified atom stereocenters. The fourth-order valence-electron chi connectivity index (χ4n) is 4.26. The van der Waals surface area contributed by atoms with Crippen molar-refractivity contribution >= 4 is 34.0 Å². The summed E-state index contributed by atoms with van der Waals surface area (Å²) in [5, 5.41) is 5.53. The fourth-order valence-corrected chi connectivity index (χ4v) is 5.15. The monoisotopic (exact) mass is 447 g/mol. The smallest absolute Gasteiger partial charge is 0.307 e. The number of amides is 2. The van der Waals surface area contributed by atoms with Crippen molar-refractivity contribution in [3.8, 4) is 11.3 Å². The Morgan fingerprint density at radius 3 is 2.53 bits per heavy atom. The summed E-state index contributed by atoms with van der Waals surface area (Å²) in [5.74, 6) is 0.650. The molecule has 1 saturated carbocycles. The second kappa shape index (κ2) is 10.1. The van der Waals surface area contributed by atoms with Crippen LogP contribution in [0, 0.1) is 0 Å². The van der Waals surface area contributed by atoms with Crippen LogP contribution in [0.1, 0.15) is 67.8 Å². The molecule has 3 aromatic rings. The number of benzene rings is 2. The van der Waals surface area contributed by atoms with Crippen LogP contribution in [-0.2, 0) is 0 Å². The van der Waals surface area contributed by atoms with Gasteiger partial charge in [-0.25, -0.2) is 9.78 Å².